The Labute approximate surface area is 111 Å². The molecule has 0 saturated heterocycles. The Bertz CT molecular complexity index is 561. The van der Waals surface area contributed by atoms with Crippen molar-refractivity contribution in [3.63, 3.8) is 0 Å². The van der Waals surface area contributed by atoms with E-state index < -0.39 is 0 Å². The zero-order valence-corrected chi connectivity index (χ0v) is 11.2. The molecule has 0 spiro atoms. The first-order chi connectivity index (χ1) is 8.74. The van der Waals surface area contributed by atoms with Crippen LogP contribution in [0.4, 0.5) is 4.39 Å². The number of rotatable bonds is 3. The van der Waals surface area contributed by atoms with Gasteiger partial charge in [0.2, 0.25) is 0 Å². The van der Waals surface area contributed by atoms with Gasteiger partial charge in [-0.05, 0) is 60.0 Å². The standard InChI is InChI=1S/C15H16FNS/c1-10-6-7-18-15(10)9-17-14-5-2-11-8-12(16)3-4-13(11)14/h3-4,6-8,14,17H,2,5,9H2,1H3. The largest absolute Gasteiger partial charge is 0.305 e. The van der Waals surface area contributed by atoms with Gasteiger partial charge in [0.25, 0.3) is 0 Å². The fourth-order valence-electron chi connectivity index (χ4n) is 2.60. The maximum Gasteiger partial charge on any atom is 0.123 e. The third-order valence-electron chi connectivity index (χ3n) is 3.66. The van der Waals surface area contributed by atoms with E-state index >= 15 is 0 Å². The van der Waals surface area contributed by atoms with Crippen LogP contribution in [-0.4, -0.2) is 0 Å². The predicted octanol–water partition coefficient (Wildman–Crippen LogP) is 3.97. The Morgan fingerprint density at radius 3 is 3.06 bits per heavy atom. The van der Waals surface area contributed by atoms with Crippen LogP contribution in [0.3, 0.4) is 0 Å². The Hall–Kier alpha value is -1.19. The summed E-state index contributed by atoms with van der Waals surface area (Å²) in [6.45, 7) is 3.05. The molecule has 1 N–H and O–H groups in total. The third kappa shape index (κ3) is 2.20. The van der Waals surface area contributed by atoms with E-state index in [1.54, 1.807) is 23.5 Å². The molecule has 0 saturated carbocycles. The van der Waals surface area contributed by atoms with Gasteiger partial charge in [-0.2, -0.15) is 0 Å². The summed E-state index contributed by atoms with van der Waals surface area (Å²) in [6, 6.07) is 7.70. The van der Waals surface area contributed by atoms with Crippen LogP contribution in [0.5, 0.6) is 0 Å². The zero-order chi connectivity index (χ0) is 12.5. The fourth-order valence-corrected chi connectivity index (χ4v) is 3.46. The first kappa shape index (κ1) is 11.9. The second-order valence-electron chi connectivity index (χ2n) is 4.84. The lowest BCUT2D eigenvalue weighted by atomic mass is 10.1. The molecule has 18 heavy (non-hydrogen) atoms. The molecule has 3 rings (SSSR count). The maximum absolute atomic E-state index is 13.1. The first-order valence-corrected chi connectivity index (χ1v) is 7.16. The molecule has 0 radical (unpaired) electrons. The molecule has 0 aliphatic heterocycles. The first-order valence-electron chi connectivity index (χ1n) is 6.29. The van der Waals surface area contributed by atoms with Crippen LogP contribution >= 0.6 is 11.3 Å². The molecule has 0 fully saturated rings. The van der Waals surface area contributed by atoms with Crippen LogP contribution in [0, 0.1) is 12.7 Å². The molecular formula is C15H16FNS. The molecule has 1 aromatic carbocycles. The zero-order valence-electron chi connectivity index (χ0n) is 10.4. The summed E-state index contributed by atoms with van der Waals surface area (Å²) in [6.07, 6.45) is 2.05. The summed E-state index contributed by atoms with van der Waals surface area (Å²) in [5.41, 5.74) is 3.78. The van der Waals surface area contributed by atoms with Crippen LogP contribution in [0.25, 0.3) is 0 Å². The van der Waals surface area contributed by atoms with Crippen molar-refractivity contribution in [3.05, 3.63) is 57.0 Å². The molecule has 1 nitrogen and oxygen atoms in total. The van der Waals surface area contributed by atoms with Gasteiger partial charge in [0, 0.05) is 17.5 Å². The monoisotopic (exact) mass is 261 g/mol. The van der Waals surface area contributed by atoms with Crippen LogP contribution < -0.4 is 5.32 Å². The van der Waals surface area contributed by atoms with Gasteiger partial charge in [0.15, 0.2) is 0 Å². The van der Waals surface area contributed by atoms with Crippen molar-refractivity contribution in [3.8, 4) is 0 Å². The fraction of sp³-hybridized carbons (Fsp3) is 0.333. The van der Waals surface area contributed by atoms with Crippen LogP contribution in [0.15, 0.2) is 29.6 Å². The average Bonchev–Trinajstić information content (AvgIpc) is 2.93. The SMILES string of the molecule is Cc1ccsc1CNC1CCc2cc(F)ccc21. The summed E-state index contributed by atoms with van der Waals surface area (Å²) in [4.78, 5) is 1.39. The molecule has 1 aromatic heterocycles. The number of hydrogen-bond donors (Lipinski definition) is 1. The van der Waals surface area contributed by atoms with E-state index in [4.69, 9.17) is 0 Å². The van der Waals surface area contributed by atoms with Crippen molar-refractivity contribution >= 4 is 11.3 Å². The highest BCUT2D eigenvalue weighted by Crippen LogP contribution is 2.32. The normalized spacial score (nSPS) is 18.0. The highest BCUT2D eigenvalue weighted by Gasteiger charge is 2.22. The maximum atomic E-state index is 13.1. The van der Waals surface area contributed by atoms with Crippen molar-refractivity contribution in [2.24, 2.45) is 0 Å². The summed E-state index contributed by atoms with van der Waals surface area (Å²) in [7, 11) is 0. The number of benzene rings is 1. The molecule has 1 heterocycles. The Morgan fingerprint density at radius 1 is 1.39 bits per heavy atom. The van der Waals surface area contributed by atoms with Gasteiger partial charge in [-0.3, -0.25) is 0 Å². The number of aryl methyl sites for hydroxylation is 2. The van der Waals surface area contributed by atoms with Crippen LogP contribution in [0.1, 0.15) is 34.0 Å². The van der Waals surface area contributed by atoms with E-state index in [0.717, 1.165) is 24.9 Å². The van der Waals surface area contributed by atoms with Crippen molar-refractivity contribution < 1.29 is 4.39 Å². The predicted molar refractivity (Wildman–Crippen MR) is 73.4 cm³/mol. The second-order valence-corrected chi connectivity index (χ2v) is 5.84. The molecule has 94 valence electrons. The number of nitrogens with one attached hydrogen (secondary N) is 1. The number of fused-ring (bicyclic) bond motifs is 1. The van der Waals surface area contributed by atoms with Crippen LogP contribution in [0.2, 0.25) is 0 Å². The minimum atomic E-state index is -0.122. The van der Waals surface area contributed by atoms with E-state index in [0.29, 0.717) is 6.04 Å². The van der Waals surface area contributed by atoms with Gasteiger partial charge in [-0.15, -0.1) is 11.3 Å². The lowest BCUT2D eigenvalue weighted by Gasteiger charge is -2.13. The summed E-state index contributed by atoms with van der Waals surface area (Å²) >= 11 is 1.79. The molecule has 3 heteroatoms. The lowest BCUT2D eigenvalue weighted by molar-refractivity contribution is 0.532. The topological polar surface area (TPSA) is 12.0 Å². The molecule has 1 atom stereocenters. The molecule has 1 unspecified atom stereocenters. The summed E-state index contributed by atoms with van der Waals surface area (Å²) < 4.78 is 13.1. The van der Waals surface area contributed by atoms with Crippen molar-refractivity contribution in [2.75, 3.05) is 0 Å². The van der Waals surface area contributed by atoms with Gasteiger partial charge in [-0.1, -0.05) is 6.07 Å². The molecule has 0 bridgehead atoms. The highest BCUT2D eigenvalue weighted by atomic mass is 32.1. The second kappa shape index (κ2) is 4.82. The smallest absolute Gasteiger partial charge is 0.123 e. The summed E-state index contributed by atoms with van der Waals surface area (Å²) in [5, 5.41) is 5.72. The lowest BCUT2D eigenvalue weighted by Crippen LogP contribution is -2.18. The third-order valence-corrected chi connectivity index (χ3v) is 4.68. The van der Waals surface area contributed by atoms with Gasteiger partial charge in [0.05, 0.1) is 0 Å². The van der Waals surface area contributed by atoms with Crippen molar-refractivity contribution in [2.45, 2.75) is 32.4 Å². The van der Waals surface area contributed by atoms with Gasteiger partial charge < -0.3 is 5.32 Å². The van der Waals surface area contributed by atoms with Gasteiger partial charge in [-0.25, -0.2) is 4.39 Å². The number of halogens is 1. The van der Waals surface area contributed by atoms with Gasteiger partial charge in [0.1, 0.15) is 5.82 Å². The minimum absolute atomic E-state index is 0.122. The molecule has 1 aliphatic carbocycles. The minimum Gasteiger partial charge on any atom is -0.305 e. The quantitative estimate of drug-likeness (QED) is 0.881. The van der Waals surface area contributed by atoms with Gasteiger partial charge >= 0.3 is 0 Å². The molecule has 0 amide bonds. The average molecular weight is 261 g/mol. The van der Waals surface area contributed by atoms with E-state index in [9.17, 15) is 4.39 Å². The van der Waals surface area contributed by atoms with Crippen molar-refractivity contribution in [1.82, 2.24) is 5.32 Å². The molecule has 2 aromatic rings. The Kier molecular flexibility index (Phi) is 3.18. The molecular weight excluding hydrogens is 245 g/mol. The molecule has 1 aliphatic rings. The van der Waals surface area contributed by atoms with Crippen LogP contribution in [-0.2, 0) is 13.0 Å². The van der Waals surface area contributed by atoms with E-state index in [2.05, 4.69) is 23.7 Å². The number of hydrogen-bond acceptors (Lipinski definition) is 2. The Balaban J connectivity index is 1.71. The Morgan fingerprint density at radius 2 is 2.28 bits per heavy atom. The van der Waals surface area contributed by atoms with Crippen molar-refractivity contribution in [1.29, 1.82) is 0 Å². The highest BCUT2D eigenvalue weighted by molar-refractivity contribution is 7.10. The van der Waals surface area contributed by atoms with E-state index in [-0.39, 0.29) is 5.82 Å². The van der Waals surface area contributed by atoms with E-state index in [1.165, 1.54) is 16.0 Å². The summed E-state index contributed by atoms with van der Waals surface area (Å²) in [5.74, 6) is -0.122. The van der Waals surface area contributed by atoms with E-state index in [1.807, 2.05) is 6.07 Å². The number of thiophene rings is 1.